The maximum atomic E-state index is 12.7. The van der Waals surface area contributed by atoms with E-state index in [0.29, 0.717) is 17.0 Å². The number of carbonyl (C=O) groups is 1. The molecule has 0 aliphatic carbocycles. The first-order valence-electron chi connectivity index (χ1n) is 10.1. The topological polar surface area (TPSA) is 29.5 Å². The summed E-state index contributed by atoms with van der Waals surface area (Å²) in [5.41, 5.74) is 2.38. The first kappa shape index (κ1) is 28.1. The number of halogens is 1. The van der Waals surface area contributed by atoms with Crippen LogP contribution in [0, 0.1) is 52.8 Å². The van der Waals surface area contributed by atoms with Crippen LogP contribution in [0.3, 0.4) is 0 Å². The summed E-state index contributed by atoms with van der Waals surface area (Å²) in [6.07, 6.45) is 0. The van der Waals surface area contributed by atoms with Gasteiger partial charge in [0.15, 0.2) is 0 Å². The lowest BCUT2D eigenvalue weighted by atomic mass is 9.98. The number of ether oxygens (including phenoxy) is 1. The Morgan fingerprint density at radius 2 is 1.70 bits per heavy atom. The van der Waals surface area contributed by atoms with Gasteiger partial charge in [0.2, 0.25) is 5.78 Å². The molecule has 0 bridgehead atoms. The van der Waals surface area contributed by atoms with E-state index < -0.39 is 0 Å². The number of nitrogens with zero attached hydrogens (tertiary/aromatic N) is 1. The largest absolute Gasteiger partial charge is 0.380 e. The number of thiophene rings is 1. The Morgan fingerprint density at radius 3 is 2.33 bits per heavy atom. The van der Waals surface area contributed by atoms with Gasteiger partial charge in [-0.1, -0.05) is 36.0 Å². The maximum Gasteiger partial charge on any atom is 0.248 e. The molecule has 0 N–H and O–H groups in total. The standard InChI is InChI=1S/C28H27NO2S.ClH/c1-28(2,3)18-12-11-17-26(30)27-23(19-25(32-27)20-29(4)5)15-9-7-13-22-14-8-10-16-24(22)21-31-6;/h8,10,14,16,19H,20-21H2,1-6H3;1H. The molecular weight excluding hydrogens is 450 g/mol. The molecule has 0 spiro atoms. The predicted molar refractivity (Wildman–Crippen MR) is 139 cm³/mol. The number of ketones is 1. The minimum atomic E-state index is -0.272. The van der Waals surface area contributed by atoms with Gasteiger partial charge in [-0.15, -0.1) is 23.7 Å². The summed E-state index contributed by atoms with van der Waals surface area (Å²) in [5, 5.41) is 0. The SMILES string of the molecule is COCc1ccccc1C#CC#Cc1cc(CN(C)C)sc1C(=O)C#CC#CC(C)(C)C.Cl. The Kier molecular flexibility index (Phi) is 11.5. The lowest BCUT2D eigenvalue weighted by Gasteiger charge is -2.05. The van der Waals surface area contributed by atoms with Crippen LogP contribution in [-0.4, -0.2) is 31.9 Å². The molecule has 170 valence electrons. The second-order valence-corrected chi connectivity index (χ2v) is 9.50. The Hall–Kier alpha value is -2.96. The average Bonchev–Trinajstić information content (AvgIpc) is 3.11. The molecule has 2 rings (SSSR count). The average molecular weight is 478 g/mol. The van der Waals surface area contributed by atoms with Crippen LogP contribution >= 0.6 is 23.7 Å². The number of Topliss-reactive ketones (excluding diaryl/α,β-unsaturated/α-hetero) is 1. The van der Waals surface area contributed by atoms with E-state index in [1.54, 1.807) is 7.11 Å². The zero-order valence-electron chi connectivity index (χ0n) is 19.9. The Bertz CT molecular complexity index is 1220. The minimum Gasteiger partial charge on any atom is -0.380 e. The van der Waals surface area contributed by atoms with E-state index in [9.17, 15) is 4.79 Å². The highest BCUT2D eigenvalue weighted by molar-refractivity contribution is 7.14. The quantitative estimate of drug-likeness (QED) is 0.344. The molecule has 3 nitrogen and oxygen atoms in total. The van der Waals surface area contributed by atoms with Crippen molar-refractivity contribution in [2.75, 3.05) is 21.2 Å². The summed E-state index contributed by atoms with van der Waals surface area (Å²) < 4.78 is 5.21. The third kappa shape index (κ3) is 10.0. The van der Waals surface area contributed by atoms with Crippen LogP contribution in [0.1, 0.15) is 52.0 Å². The van der Waals surface area contributed by atoms with E-state index in [1.165, 1.54) is 11.3 Å². The van der Waals surface area contributed by atoms with Gasteiger partial charge in [-0.3, -0.25) is 4.79 Å². The zero-order chi connectivity index (χ0) is 23.6. The molecule has 1 heterocycles. The maximum absolute atomic E-state index is 12.7. The number of methoxy groups -OCH3 is 1. The van der Waals surface area contributed by atoms with Crippen molar-refractivity contribution in [1.82, 2.24) is 4.90 Å². The summed E-state index contributed by atoms with van der Waals surface area (Å²) in [6.45, 7) is 7.21. The first-order valence-corrected chi connectivity index (χ1v) is 10.9. The summed E-state index contributed by atoms with van der Waals surface area (Å²) >= 11 is 1.41. The van der Waals surface area contributed by atoms with Crippen molar-refractivity contribution >= 4 is 29.5 Å². The predicted octanol–water partition coefficient (Wildman–Crippen LogP) is 5.02. The molecule has 33 heavy (non-hydrogen) atoms. The lowest BCUT2D eigenvalue weighted by molar-refractivity contribution is 0.106. The van der Waals surface area contributed by atoms with Gasteiger partial charge in [0.25, 0.3) is 0 Å². The lowest BCUT2D eigenvalue weighted by Crippen LogP contribution is -2.09. The molecular formula is C28H28ClNO2S. The summed E-state index contributed by atoms with van der Waals surface area (Å²) in [6, 6.07) is 9.74. The van der Waals surface area contributed by atoms with Crippen LogP contribution in [0.25, 0.3) is 0 Å². The van der Waals surface area contributed by atoms with Gasteiger partial charge >= 0.3 is 0 Å². The van der Waals surface area contributed by atoms with E-state index in [1.807, 2.05) is 70.1 Å². The smallest absolute Gasteiger partial charge is 0.248 e. The number of hydrogen-bond donors (Lipinski definition) is 0. The van der Waals surface area contributed by atoms with Crippen molar-refractivity contribution in [3.8, 4) is 47.4 Å². The summed E-state index contributed by atoms with van der Waals surface area (Å²) in [5.74, 6) is 22.7. The number of rotatable bonds is 5. The highest BCUT2D eigenvalue weighted by Crippen LogP contribution is 2.23. The molecule has 0 unspecified atom stereocenters. The van der Waals surface area contributed by atoms with Gasteiger partial charge < -0.3 is 9.64 Å². The van der Waals surface area contributed by atoms with Gasteiger partial charge in [0, 0.05) is 35.1 Å². The fraction of sp³-hybridized carbons (Fsp3) is 0.321. The van der Waals surface area contributed by atoms with Crippen LogP contribution in [-0.2, 0) is 17.9 Å². The molecule has 0 saturated heterocycles. The molecule has 1 aromatic carbocycles. The number of hydrogen-bond acceptors (Lipinski definition) is 4. The number of carbonyl (C=O) groups excluding carboxylic acids is 1. The highest BCUT2D eigenvalue weighted by atomic mass is 35.5. The normalized spacial score (nSPS) is 9.67. The fourth-order valence-corrected chi connectivity index (χ4v) is 3.70. The third-order valence-electron chi connectivity index (χ3n) is 3.91. The van der Waals surface area contributed by atoms with Crippen molar-refractivity contribution in [1.29, 1.82) is 0 Å². The highest BCUT2D eigenvalue weighted by Gasteiger charge is 2.14. The van der Waals surface area contributed by atoms with Gasteiger partial charge in [-0.05, 0) is 82.2 Å². The first-order chi connectivity index (χ1) is 15.2. The Labute approximate surface area is 208 Å². The van der Waals surface area contributed by atoms with Gasteiger partial charge in [0.1, 0.15) is 0 Å². The van der Waals surface area contributed by atoms with Crippen molar-refractivity contribution < 1.29 is 9.53 Å². The molecule has 5 heteroatoms. The monoisotopic (exact) mass is 477 g/mol. The minimum absolute atomic E-state index is 0. The Balaban J connectivity index is 0.00000544. The molecule has 0 aliphatic heterocycles. The van der Waals surface area contributed by atoms with E-state index in [0.717, 1.165) is 22.5 Å². The molecule has 0 atom stereocenters. The fourth-order valence-electron chi connectivity index (χ4n) is 2.58. The number of benzene rings is 1. The third-order valence-corrected chi connectivity index (χ3v) is 5.03. The van der Waals surface area contributed by atoms with E-state index in [-0.39, 0.29) is 23.6 Å². The van der Waals surface area contributed by atoms with Crippen molar-refractivity contribution in [2.24, 2.45) is 5.41 Å². The molecule has 0 radical (unpaired) electrons. The molecule has 0 saturated carbocycles. The second kappa shape index (κ2) is 13.6. The Morgan fingerprint density at radius 1 is 1.03 bits per heavy atom. The van der Waals surface area contributed by atoms with Crippen molar-refractivity contribution in [2.45, 2.75) is 33.9 Å². The molecule has 0 aliphatic rings. The second-order valence-electron chi connectivity index (χ2n) is 8.36. The van der Waals surface area contributed by atoms with Crippen LogP contribution in [0.4, 0.5) is 0 Å². The van der Waals surface area contributed by atoms with Crippen molar-refractivity contribution in [3.63, 3.8) is 0 Å². The molecule has 0 fully saturated rings. The van der Waals surface area contributed by atoms with Gasteiger partial charge in [0.05, 0.1) is 11.5 Å². The molecule has 0 amide bonds. The summed E-state index contributed by atoms with van der Waals surface area (Å²) in [4.78, 5) is 16.3. The van der Waals surface area contributed by atoms with Gasteiger partial charge in [-0.2, -0.15) is 0 Å². The van der Waals surface area contributed by atoms with Crippen molar-refractivity contribution in [3.05, 3.63) is 56.8 Å². The van der Waals surface area contributed by atoms with E-state index in [2.05, 4.69) is 47.4 Å². The summed E-state index contributed by atoms with van der Waals surface area (Å²) in [7, 11) is 5.62. The van der Waals surface area contributed by atoms with E-state index >= 15 is 0 Å². The van der Waals surface area contributed by atoms with Crippen LogP contribution in [0.15, 0.2) is 30.3 Å². The zero-order valence-corrected chi connectivity index (χ0v) is 21.5. The van der Waals surface area contributed by atoms with Crippen LogP contribution in [0.5, 0.6) is 0 Å². The van der Waals surface area contributed by atoms with Crippen LogP contribution < -0.4 is 0 Å². The van der Waals surface area contributed by atoms with Crippen LogP contribution in [0.2, 0.25) is 0 Å². The molecule has 2 aromatic rings. The molecule has 1 aromatic heterocycles. The van der Waals surface area contributed by atoms with Gasteiger partial charge in [-0.25, -0.2) is 0 Å². The van der Waals surface area contributed by atoms with E-state index in [4.69, 9.17) is 4.74 Å².